The molecule has 2 heterocycles. The highest BCUT2D eigenvalue weighted by Gasteiger charge is 2.15. The van der Waals surface area contributed by atoms with E-state index in [-0.39, 0.29) is 23.7 Å². The molecule has 0 saturated heterocycles. The quantitative estimate of drug-likeness (QED) is 0.483. The van der Waals surface area contributed by atoms with Gasteiger partial charge in [0, 0.05) is 17.4 Å². The number of rotatable bonds is 5. The van der Waals surface area contributed by atoms with E-state index in [0.29, 0.717) is 33.8 Å². The second kappa shape index (κ2) is 7.63. The molecule has 0 aliphatic carbocycles. The molecule has 0 saturated carbocycles. The van der Waals surface area contributed by atoms with E-state index in [9.17, 15) is 9.90 Å². The van der Waals surface area contributed by atoms with Gasteiger partial charge in [0.05, 0.1) is 11.7 Å². The molecule has 2 aromatic heterocycles. The van der Waals surface area contributed by atoms with Gasteiger partial charge in [0.15, 0.2) is 11.2 Å². The first kappa shape index (κ1) is 18.5. The van der Waals surface area contributed by atoms with E-state index in [2.05, 4.69) is 15.3 Å². The summed E-state index contributed by atoms with van der Waals surface area (Å²) in [6, 6.07) is 15.1. The summed E-state index contributed by atoms with van der Waals surface area (Å²) in [4.78, 5) is 21.0. The van der Waals surface area contributed by atoms with Gasteiger partial charge in [0.1, 0.15) is 11.5 Å². The van der Waals surface area contributed by atoms with E-state index in [0.717, 1.165) is 0 Å². The minimum Gasteiger partial charge on any atom is -0.507 e. The smallest absolute Gasteiger partial charge is 0.255 e. The summed E-state index contributed by atoms with van der Waals surface area (Å²) in [5, 5.41) is 13.0. The molecular formula is C22H19N3O4. The molecule has 2 aromatic carbocycles. The van der Waals surface area contributed by atoms with Crippen LogP contribution in [0.4, 0.5) is 5.69 Å². The van der Waals surface area contributed by atoms with Gasteiger partial charge in [-0.2, -0.15) is 4.98 Å². The number of hydrogen-bond donors (Lipinski definition) is 2. The third-order valence-corrected chi connectivity index (χ3v) is 4.14. The number of carbonyl (C=O) groups excluding carboxylic acids is 1. The molecule has 7 heteroatoms. The lowest BCUT2D eigenvalue weighted by Crippen LogP contribution is -2.12. The molecule has 0 aliphatic rings. The van der Waals surface area contributed by atoms with Crippen LogP contribution in [0.25, 0.3) is 22.7 Å². The first-order valence-corrected chi connectivity index (χ1v) is 9.12. The zero-order chi connectivity index (χ0) is 20.4. The maximum absolute atomic E-state index is 12.6. The van der Waals surface area contributed by atoms with Crippen LogP contribution in [0, 0.1) is 0 Å². The molecule has 4 aromatic rings. The van der Waals surface area contributed by atoms with Crippen LogP contribution in [0.5, 0.6) is 11.5 Å². The Labute approximate surface area is 167 Å². The number of phenols is 1. The van der Waals surface area contributed by atoms with Gasteiger partial charge in [-0.05, 0) is 68.4 Å². The predicted molar refractivity (Wildman–Crippen MR) is 109 cm³/mol. The van der Waals surface area contributed by atoms with Crippen molar-refractivity contribution in [2.45, 2.75) is 20.0 Å². The van der Waals surface area contributed by atoms with Crippen LogP contribution >= 0.6 is 0 Å². The summed E-state index contributed by atoms with van der Waals surface area (Å²) in [5.41, 5.74) is 2.31. The molecule has 0 fully saturated rings. The highest BCUT2D eigenvalue weighted by molar-refractivity contribution is 6.04. The van der Waals surface area contributed by atoms with E-state index in [4.69, 9.17) is 9.15 Å². The summed E-state index contributed by atoms with van der Waals surface area (Å²) >= 11 is 0. The molecular weight excluding hydrogens is 370 g/mol. The van der Waals surface area contributed by atoms with Crippen molar-refractivity contribution >= 4 is 22.8 Å². The predicted octanol–water partition coefficient (Wildman–Crippen LogP) is 4.63. The van der Waals surface area contributed by atoms with Gasteiger partial charge in [-0.3, -0.25) is 4.79 Å². The second-order valence-corrected chi connectivity index (χ2v) is 6.72. The van der Waals surface area contributed by atoms with Gasteiger partial charge in [-0.1, -0.05) is 0 Å². The maximum Gasteiger partial charge on any atom is 0.255 e. The van der Waals surface area contributed by atoms with Crippen molar-refractivity contribution in [3.8, 4) is 23.0 Å². The fourth-order valence-electron chi connectivity index (χ4n) is 2.83. The summed E-state index contributed by atoms with van der Waals surface area (Å²) in [5.74, 6) is 0.636. The minimum atomic E-state index is -0.281. The number of benzene rings is 2. The fourth-order valence-corrected chi connectivity index (χ4v) is 2.83. The molecule has 146 valence electrons. The molecule has 4 rings (SSSR count). The van der Waals surface area contributed by atoms with Crippen LogP contribution in [-0.2, 0) is 0 Å². The van der Waals surface area contributed by atoms with Crippen LogP contribution in [0.2, 0.25) is 0 Å². The standard InChI is InChI=1S/C22H19N3O4/c1-13(2)28-16-8-5-14(6-9-16)21(27)24-15-7-10-18(26)17(12-15)22-25-20-19(29-22)4-3-11-23-20/h3-13,26H,1-2H3,(H,24,27). The van der Waals surface area contributed by atoms with Gasteiger partial charge >= 0.3 is 0 Å². The monoisotopic (exact) mass is 389 g/mol. The van der Waals surface area contributed by atoms with Crippen molar-refractivity contribution in [3.05, 3.63) is 66.4 Å². The molecule has 7 nitrogen and oxygen atoms in total. The summed E-state index contributed by atoms with van der Waals surface area (Å²) in [6.45, 7) is 3.88. The lowest BCUT2D eigenvalue weighted by Gasteiger charge is -2.11. The van der Waals surface area contributed by atoms with E-state index < -0.39 is 0 Å². The topological polar surface area (TPSA) is 97.5 Å². The largest absolute Gasteiger partial charge is 0.507 e. The first-order chi connectivity index (χ1) is 14.0. The van der Waals surface area contributed by atoms with Crippen molar-refractivity contribution in [1.82, 2.24) is 9.97 Å². The summed E-state index contributed by atoms with van der Waals surface area (Å²) in [7, 11) is 0. The number of oxazole rings is 1. The zero-order valence-corrected chi connectivity index (χ0v) is 15.9. The highest BCUT2D eigenvalue weighted by atomic mass is 16.5. The molecule has 0 aliphatic heterocycles. The van der Waals surface area contributed by atoms with E-state index >= 15 is 0 Å². The van der Waals surface area contributed by atoms with E-state index in [1.165, 1.54) is 6.07 Å². The number of phenolic OH excluding ortho intramolecular Hbond substituents is 1. The molecule has 0 spiro atoms. The van der Waals surface area contributed by atoms with E-state index in [1.807, 2.05) is 13.8 Å². The van der Waals surface area contributed by atoms with Crippen molar-refractivity contribution in [1.29, 1.82) is 0 Å². The SMILES string of the molecule is CC(C)Oc1ccc(C(=O)Nc2ccc(O)c(-c3nc4ncccc4o3)c2)cc1. The molecule has 2 N–H and O–H groups in total. The highest BCUT2D eigenvalue weighted by Crippen LogP contribution is 2.33. The number of aromatic hydroxyl groups is 1. The Balaban J connectivity index is 1.56. The van der Waals surface area contributed by atoms with Crippen LogP contribution in [-0.4, -0.2) is 27.1 Å². The summed E-state index contributed by atoms with van der Waals surface area (Å²) in [6.07, 6.45) is 1.68. The lowest BCUT2D eigenvalue weighted by atomic mass is 10.1. The van der Waals surface area contributed by atoms with Gasteiger partial charge in [-0.25, -0.2) is 4.98 Å². The van der Waals surface area contributed by atoms with Gasteiger partial charge in [-0.15, -0.1) is 0 Å². The third kappa shape index (κ3) is 4.03. The Bertz CT molecular complexity index is 1130. The zero-order valence-electron chi connectivity index (χ0n) is 15.9. The van der Waals surface area contributed by atoms with Crippen LogP contribution < -0.4 is 10.1 Å². The Hall–Kier alpha value is -3.87. The number of fused-ring (bicyclic) bond motifs is 1. The molecule has 0 radical (unpaired) electrons. The molecule has 0 atom stereocenters. The first-order valence-electron chi connectivity index (χ1n) is 9.12. The van der Waals surface area contributed by atoms with Crippen LogP contribution in [0.15, 0.2) is 65.2 Å². The average molecular weight is 389 g/mol. The molecule has 0 bridgehead atoms. The number of anilines is 1. The Morgan fingerprint density at radius 2 is 1.93 bits per heavy atom. The van der Waals surface area contributed by atoms with Gasteiger partial charge < -0.3 is 19.6 Å². The van der Waals surface area contributed by atoms with Crippen molar-refractivity contribution in [2.24, 2.45) is 0 Å². The van der Waals surface area contributed by atoms with Crippen molar-refractivity contribution in [3.63, 3.8) is 0 Å². The van der Waals surface area contributed by atoms with Crippen LogP contribution in [0.3, 0.4) is 0 Å². The molecule has 1 amide bonds. The van der Waals surface area contributed by atoms with Crippen molar-refractivity contribution < 1.29 is 19.1 Å². The number of pyridine rings is 1. The number of aromatic nitrogens is 2. The summed E-state index contributed by atoms with van der Waals surface area (Å²) < 4.78 is 11.3. The van der Waals surface area contributed by atoms with Gasteiger partial charge in [0.25, 0.3) is 5.91 Å². The molecule has 0 unspecified atom stereocenters. The minimum absolute atomic E-state index is 0.00950. The Kier molecular flexibility index (Phi) is 4.87. The number of nitrogens with one attached hydrogen (secondary N) is 1. The number of carbonyl (C=O) groups is 1. The van der Waals surface area contributed by atoms with E-state index in [1.54, 1.807) is 54.7 Å². The number of amides is 1. The average Bonchev–Trinajstić information content (AvgIpc) is 3.13. The van der Waals surface area contributed by atoms with Gasteiger partial charge in [0.2, 0.25) is 5.89 Å². The normalized spacial score (nSPS) is 11.0. The second-order valence-electron chi connectivity index (χ2n) is 6.72. The maximum atomic E-state index is 12.6. The number of ether oxygens (including phenoxy) is 1. The van der Waals surface area contributed by atoms with Crippen LogP contribution in [0.1, 0.15) is 24.2 Å². The number of hydrogen-bond acceptors (Lipinski definition) is 6. The number of nitrogens with zero attached hydrogens (tertiary/aromatic N) is 2. The fraction of sp³-hybridized carbons (Fsp3) is 0.136. The lowest BCUT2D eigenvalue weighted by molar-refractivity contribution is 0.102. The Morgan fingerprint density at radius 3 is 2.66 bits per heavy atom. The molecule has 29 heavy (non-hydrogen) atoms. The third-order valence-electron chi connectivity index (χ3n) is 4.14. The Morgan fingerprint density at radius 1 is 1.14 bits per heavy atom. The van der Waals surface area contributed by atoms with Crippen molar-refractivity contribution in [2.75, 3.05) is 5.32 Å².